The summed E-state index contributed by atoms with van der Waals surface area (Å²) in [5.41, 5.74) is 13.2. The second-order valence-electron chi connectivity index (χ2n) is 8.04. The lowest BCUT2D eigenvalue weighted by molar-refractivity contribution is 0.0974. The first-order valence-corrected chi connectivity index (χ1v) is 11.2. The number of fused-ring (bicyclic) bond motifs is 1. The first kappa shape index (κ1) is 25.3. The fourth-order valence-corrected chi connectivity index (χ4v) is 5.57. The smallest absolute Gasteiger partial charge is 0.171 e. The van der Waals surface area contributed by atoms with E-state index in [0.29, 0.717) is 10.8 Å². The third-order valence-corrected chi connectivity index (χ3v) is 7.94. The van der Waals surface area contributed by atoms with E-state index in [1.807, 2.05) is 18.5 Å². The summed E-state index contributed by atoms with van der Waals surface area (Å²) < 4.78 is 7.93. The Balaban J connectivity index is 0.00000144. The van der Waals surface area contributed by atoms with E-state index in [4.69, 9.17) is 32.8 Å². The molecule has 4 N–H and O–H groups in total. The van der Waals surface area contributed by atoms with Crippen LogP contribution < -0.4 is 16.4 Å². The van der Waals surface area contributed by atoms with Crippen LogP contribution in [0.15, 0.2) is 40.8 Å². The lowest BCUT2D eigenvalue weighted by atomic mass is 9.73. The Labute approximate surface area is 210 Å². The van der Waals surface area contributed by atoms with E-state index in [9.17, 15) is 0 Å². The van der Waals surface area contributed by atoms with Gasteiger partial charge in [-0.1, -0.05) is 23.4 Å². The van der Waals surface area contributed by atoms with Crippen LogP contribution in [0.25, 0.3) is 5.65 Å². The molecular weight excluding hydrogens is 486 g/mol. The molecule has 2 atom stereocenters. The van der Waals surface area contributed by atoms with Crippen molar-refractivity contribution in [3.05, 3.63) is 35.9 Å². The number of nitrogens with two attached hydrogens (primary N) is 2. The summed E-state index contributed by atoms with van der Waals surface area (Å²) in [6.07, 6.45) is 9.46. The largest absolute Gasteiger partial charge is 0.382 e. The van der Waals surface area contributed by atoms with Crippen molar-refractivity contribution in [3.8, 4) is 0 Å². The van der Waals surface area contributed by atoms with Crippen LogP contribution in [0, 0.1) is 5.41 Å². The number of nitrogens with zero attached hydrogens (tertiary/aromatic N) is 5. The van der Waals surface area contributed by atoms with Gasteiger partial charge < -0.3 is 21.1 Å². The Hall–Kier alpha value is -1.37. The Morgan fingerprint density at radius 1 is 1.19 bits per heavy atom. The predicted octanol–water partition coefficient (Wildman–Crippen LogP) is 3.07. The quantitative estimate of drug-likeness (QED) is 0.550. The van der Waals surface area contributed by atoms with Crippen molar-refractivity contribution in [3.63, 3.8) is 0 Å². The van der Waals surface area contributed by atoms with Crippen LogP contribution in [0.5, 0.6) is 0 Å². The Morgan fingerprint density at radius 2 is 1.94 bits per heavy atom. The highest BCUT2D eigenvalue weighted by molar-refractivity contribution is 7.99. The van der Waals surface area contributed by atoms with E-state index in [0.717, 1.165) is 53.9 Å². The van der Waals surface area contributed by atoms with Gasteiger partial charge in [0.15, 0.2) is 5.65 Å². The third-order valence-electron chi connectivity index (χ3n) is 6.39. The van der Waals surface area contributed by atoms with Crippen LogP contribution in [0.1, 0.15) is 19.8 Å². The van der Waals surface area contributed by atoms with Gasteiger partial charge in [-0.15, -0.1) is 0 Å². The molecule has 174 valence electrons. The van der Waals surface area contributed by atoms with Crippen LogP contribution in [-0.4, -0.2) is 51.2 Å². The van der Waals surface area contributed by atoms with Crippen LogP contribution >= 0.6 is 50.4 Å². The summed E-state index contributed by atoms with van der Waals surface area (Å²) in [7, 11) is 0. The van der Waals surface area contributed by atoms with Crippen LogP contribution in [-0.2, 0) is 4.74 Å². The summed E-state index contributed by atoms with van der Waals surface area (Å²) in [4.78, 5) is 16.4. The first-order valence-electron chi connectivity index (χ1n) is 10.0. The van der Waals surface area contributed by atoms with Gasteiger partial charge in [-0.3, -0.25) is 4.40 Å². The van der Waals surface area contributed by atoms with E-state index in [1.54, 1.807) is 12.4 Å². The van der Waals surface area contributed by atoms with E-state index in [1.165, 1.54) is 11.8 Å². The van der Waals surface area contributed by atoms with Gasteiger partial charge in [0.2, 0.25) is 0 Å². The summed E-state index contributed by atoms with van der Waals surface area (Å²) in [6, 6.07) is 1.93. The molecular formula is C20H28ClN7OS3. The molecule has 2 aliphatic rings. The number of rotatable bonds is 3. The van der Waals surface area contributed by atoms with Gasteiger partial charge in [0.1, 0.15) is 16.7 Å². The van der Waals surface area contributed by atoms with Gasteiger partial charge in [0, 0.05) is 48.0 Å². The van der Waals surface area contributed by atoms with Crippen LogP contribution in [0.2, 0.25) is 5.02 Å². The standard InChI is InChI=1S/C20H24ClN7OS.2H2S/c1-12-16(22)20(11-29-12)3-7-27(8-4-20)14-10-26-19(18-25-6-9-28(14)18)30-13-2-5-24-17(23)15(13)21;;/h2,5-6,9-10,12,16H,3-4,7-8,11,22H2,1H3,(H2,23,24);2*1H2/t12-,16+;;/m0../s1. The first-order chi connectivity index (χ1) is 14.5. The summed E-state index contributed by atoms with van der Waals surface area (Å²) in [5, 5.41) is 1.20. The monoisotopic (exact) mass is 513 g/mol. The molecule has 3 aromatic heterocycles. The number of pyridine rings is 1. The normalized spacial score (nSPS) is 22.0. The molecule has 0 saturated carbocycles. The zero-order chi connectivity index (χ0) is 20.9. The van der Waals surface area contributed by atoms with Gasteiger partial charge in [-0.05, 0) is 25.8 Å². The van der Waals surface area contributed by atoms with Gasteiger partial charge in [0.25, 0.3) is 0 Å². The molecule has 2 fully saturated rings. The second-order valence-corrected chi connectivity index (χ2v) is 9.45. The summed E-state index contributed by atoms with van der Waals surface area (Å²) >= 11 is 7.75. The van der Waals surface area contributed by atoms with Crippen LogP contribution in [0.3, 0.4) is 0 Å². The van der Waals surface area contributed by atoms with Gasteiger partial charge in [-0.25, -0.2) is 15.0 Å². The molecule has 0 unspecified atom stereocenters. The van der Waals surface area contributed by atoms with Crippen LogP contribution in [0.4, 0.5) is 11.6 Å². The maximum Gasteiger partial charge on any atom is 0.171 e. The molecule has 0 amide bonds. The Kier molecular flexibility index (Phi) is 7.78. The summed E-state index contributed by atoms with van der Waals surface area (Å²) in [5.74, 6) is 1.34. The predicted molar refractivity (Wildman–Crippen MR) is 139 cm³/mol. The SMILES string of the molecule is C[C@@H]1OCC2(CCN(c3cnc(Sc4ccnc(N)c4Cl)c4nccn34)CC2)[C@@H]1N.S.S. The summed E-state index contributed by atoms with van der Waals surface area (Å²) in [6.45, 7) is 4.66. The molecule has 0 aliphatic carbocycles. The molecule has 0 aromatic carbocycles. The highest BCUT2D eigenvalue weighted by Gasteiger charge is 2.47. The molecule has 0 radical (unpaired) electrons. The molecule has 12 heteroatoms. The molecule has 32 heavy (non-hydrogen) atoms. The molecule has 2 aliphatic heterocycles. The number of nitrogen functional groups attached to an aromatic ring is 1. The zero-order valence-corrected chi connectivity index (χ0v) is 21.2. The van der Waals surface area contributed by atoms with Gasteiger partial charge in [0.05, 0.1) is 23.9 Å². The highest BCUT2D eigenvalue weighted by atomic mass is 35.5. The number of halogens is 1. The highest BCUT2D eigenvalue weighted by Crippen LogP contribution is 2.42. The molecule has 3 aromatic rings. The third kappa shape index (κ3) is 4.26. The van der Waals surface area contributed by atoms with E-state index in [2.05, 4.69) is 26.2 Å². The number of aromatic nitrogens is 4. The number of piperidine rings is 1. The van der Waals surface area contributed by atoms with Crippen molar-refractivity contribution in [1.82, 2.24) is 19.4 Å². The second kappa shape index (κ2) is 9.86. The van der Waals surface area contributed by atoms with E-state index in [-0.39, 0.29) is 44.6 Å². The van der Waals surface area contributed by atoms with Crippen molar-refractivity contribution in [2.45, 2.75) is 41.8 Å². The lowest BCUT2D eigenvalue weighted by Gasteiger charge is -2.42. The maximum atomic E-state index is 6.46. The van der Waals surface area contributed by atoms with E-state index >= 15 is 0 Å². The van der Waals surface area contributed by atoms with Crippen molar-refractivity contribution in [2.75, 3.05) is 30.3 Å². The lowest BCUT2D eigenvalue weighted by Crippen LogP contribution is -2.50. The zero-order valence-electron chi connectivity index (χ0n) is 17.7. The Morgan fingerprint density at radius 3 is 2.62 bits per heavy atom. The number of imidazole rings is 1. The minimum atomic E-state index is 0. The number of anilines is 2. The molecule has 2 saturated heterocycles. The van der Waals surface area contributed by atoms with Crippen molar-refractivity contribution < 1.29 is 4.74 Å². The van der Waals surface area contributed by atoms with Crippen molar-refractivity contribution in [2.24, 2.45) is 11.1 Å². The number of hydrogen-bond donors (Lipinski definition) is 2. The maximum absolute atomic E-state index is 6.46. The Bertz CT molecular complexity index is 1090. The fraction of sp³-hybridized carbons (Fsp3) is 0.450. The molecule has 0 bridgehead atoms. The molecule has 5 heterocycles. The topological polar surface area (TPSA) is 108 Å². The molecule has 8 nitrogen and oxygen atoms in total. The minimum absolute atomic E-state index is 0. The van der Waals surface area contributed by atoms with Crippen molar-refractivity contribution in [1.29, 1.82) is 0 Å². The van der Waals surface area contributed by atoms with Gasteiger partial charge in [-0.2, -0.15) is 27.0 Å². The van der Waals surface area contributed by atoms with E-state index < -0.39 is 0 Å². The number of ether oxygens (including phenoxy) is 1. The minimum Gasteiger partial charge on any atom is -0.382 e. The average molecular weight is 514 g/mol. The number of hydrogen-bond acceptors (Lipinski definition) is 8. The average Bonchev–Trinajstić information content (AvgIpc) is 3.35. The van der Waals surface area contributed by atoms with Gasteiger partial charge >= 0.3 is 0 Å². The fourth-order valence-electron chi connectivity index (χ4n) is 4.47. The van der Waals surface area contributed by atoms with Crippen molar-refractivity contribution >= 4 is 67.6 Å². The molecule has 5 rings (SSSR count). The molecule has 1 spiro atoms.